The standard InChI is InChI=1S/C20H28N2O/c21-20(12-13-20)16-7-5-6-15(14-16)19(10-11-19)18(23)22-17-8-3-1-2-4-9-17/h5-7,14,17H,1-4,8-13,21H2,(H,22,23). The fourth-order valence-electron chi connectivity index (χ4n) is 4.07. The molecule has 3 nitrogen and oxygen atoms in total. The van der Waals surface area contributed by atoms with Crippen LogP contribution in [0.4, 0.5) is 0 Å². The van der Waals surface area contributed by atoms with E-state index in [4.69, 9.17) is 5.73 Å². The number of amides is 1. The molecular formula is C20H28N2O. The lowest BCUT2D eigenvalue weighted by molar-refractivity contribution is -0.124. The van der Waals surface area contributed by atoms with Gasteiger partial charge in [-0.15, -0.1) is 0 Å². The normalized spacial score (nSPS) is 25.4. The first-order valence-corrected chi connectivity index (χ1v) is 9.33. The van der Waals surface area contributed by atoms with Crippen LogP contribution >= 0.6 is 0 Å². The summed E-state index contributed by atoms with van der Waals surface area (Å²) in [5.41, 5.74) is 8.34. The van der Waals surface area contributed by atoms with Gasteiger partial charge in [0.15, 0.2) is 0 Å². The largest absolute Gasteiger partial charge is 0.353 e. The Hall–Kier alpha value is -1.35. The molecule has 0 spiro atoms. The number of benzene rings is 1. The topological polar surface area (TPSA) is 55.1 Å². The molecule has 0 saturated heterocycles. The van der Waals surface area contributed by atoms with Crippen LogP contribution in [0.1, 0.15) is 75.3 Å². The van der Waals surface area contributed by atoms with Gasteiger partial charge in [0.2, 0.25) is 5.91 Å². The highest BCUT2D eigenvalue weighted by Gasteiger charge is 2.52. The molecule has 0 unspecified atom stereocenters. The highest BCUT2D eigenvalue weighted by atomic mass is 16.2. The second-order valence-corrected chi connectivity index (χ2v) is 7.98. The molecule has 0 bridgehead atoms. The molecule has 124 valence electrons. The van der Waals surface area contributed by atoms with E-state index in [0.29, 0.717) is 6.04 Å². The van der Waals surface area contributed by atoms with Crippen molar-refractivity contribution in [2.24, 2.45) is 5.73 Å². The van der Waals surface area contributed by atoms with Gasteiger partial charge in [0.25, 0.3) is 0 Å². The molecule has 0 atom stereocenters. The molecule has 3 fully saturated rings. The van der Waals surface area contributed by atoms with Crippen LogP contribution in [0.15, 0.2) is 24.3 Å². The zero-order valence-electron chi connectivity index (χ0n) is 13.9. The van der Waals surface area contributed by atoms with E-state index >= 15 is 0 Å². The van der Waals surface area contributed by atoms with Crippen molar-refractivity contribution in [3.63, 3.8) is 0 Å². The monoisotopic (exact) mass is 312 g/mol. The molecule has 3 aliphatic rings. The number of hydrogen-bond donors (Lipinski definition) is 2. The summed E-state index contributed by atoms with van der Waals surface area (Å²) in [6, 6.07) is 8.91. The Balaban J connectivity index is 1.50. The van der Waals surface area contributed by atoms with Crippen LogP contribution in [-0.4, -0.2) is 11.9 Å². The summed E-state index contributed by atoms with van der Waals surface area (Å²) in [7, 11) is 0. The molecule has 0 aromatic heterocycles. The lowest BCUT2D eigenvalue weighted by atomic mass is 9.91. The van der Waals surface area contributed by atoms with E-state index < -0.39 is 0 Å². The number of hydrogen-bond acceptors (Lipinski definition) is 2. The summed E-state index contributed by atoms with van der Waals surface area (Å²) in [6.07, 6.45) is 11.5. The molecule has 3 heteroatoms. The second kappa shape index (κ2) is 5.62. The van der Waals surface area contributed by atoms with Crippen molar-refractivity contribution in [2.75, 3.05) is 0 Å². The van der Waals surface area contributed by atoms with Crippen molar-refractivity contribution in [3.8, 4) is 0 Å². The molecule has 1 amide bonds. The van der Waals surface area contributed by atoms with Crippen molar-refractivity contribution in [1.82, 2.24) is 5.32 Å². The first-order valence-electron chi connectivity index (χ1n) is 9.33. The van der Waals surface area contributed by atoms with Crippen LogP contribution in [0.25, 0.3) is 0 Å². The van der Waals surface area contributed by atoms with Gasteiger partial charge in [-0.25, -0.2) is 0 Å². The predicted octanol–water partition coefficient (Wildman–Crippen LogP) is 3.51. The van der Waals surface area contributed by atoms with E-state index in [1.807, 2.05) is 0 Å². The first-order chi connectivity index (χ1) is 11.1. The SMILES string of the molecule is NC1(c2cccc(C3(C(=O)NC4CCCCCC4)CC3)c2)CC1. The van der Waals surface area contributed by atoms with Crippen LogP contribution in [-0.2, 0) is 15.7 Å². The average Bonchev–Trinajstić information content (AvgIpc) is 3.44. The summed E-state index contributed by atoms with van der Waals surface area (Å²) in [4.78, 5) is 12.9. The van der Waals surface area contributed by atoms with Crippen LogP contribution in [0.2, 0.25) is 0 Å². The number of rotatable bonds is 4. The minimum atomic E-state index is -0.270. The lowest BCUT2D eigenvalue weighted by Crippen LogP contribution is -2.41. The molecule has 0 radical (unpaired) electrons. The highest BCUT2D eigenvalue weighted by molar-refractivity contribution is 5.91. The fourth-order valence-corrected chi connectivity index (χ4v) is 4.07. The first kappa shape index (κ1) is 15.2. The van der Waals surface area contributed by atoms with Gasteiger partial charge in [0, 0.05) is 11.6 Å². The molecule has 3 N–H and O–H groups in total. The van der Waals surface area contributed by atoms with Gasteiger partial charge >= 0.3 is 0 Å². The van der Waals surface area contributed by atoms with E-state index in [9.17, 15) is 4.79 Å². The summed E-state index contributed by atoms with van der Waals surface area (Å²) < 4.78 is 0. The summed E-state index contributed by atoms with van der Waals surface area (Å²) >= 11 is 0. The van der Waals surface area contributed by atoms with Gasteiger partial charge < -0.3 is 11.1 Å². The molecule has 1 aromatic carbocycles. The third-order valence-electron chi connectivity index (χ3n) is 6.15. The third-order valence-corrected chi connectivity index (χ3v) is 6.15. The van der Waals surface area contributed by atoms with Crippen LogP contribution < -0.4 is 11.1 Å². The maximum absolute atomic E-state index is 12.9. The molecule has 23 heavy (non-hydrogen) atoms. The average molecular weight is 312 g/mol. The van der Waals surface area contributed by atoms with E-state index in [1.54, 1.807) is 0 Å². The molecule has 0 aliphatic heterocycles. The van der Waals surface area contributed by atoms with Gasteiger partial charge in [0.05, 0.1) is 5.41 Å². The Morgan fingerprint density at radius 1 is 1.00 bits per heavy atom. The number of nitrogens with one attached hydrogen (secondary N) is 1. The van der Waals surface area contributed by atoms with Crippen LogP contribution in [0.5, 0.6) is 0 Å². The molecule has 3 aliphatic carbocycles. The van der Waals surface area contributed by atoms with E-state index in [0.717, 1.165) is 38.5 Å². The quantitative estimate of drug-likeness (QED) is 0.836. The molecule has 1 aromatic rings. The van der Waals surface area contributed by atoms with Crippen molar-refractivity contribution >= 4 is 5.91 Å². The Morgan fingerprint density at radius 2 is 1.65 bits per heavy atom. The van der Waals surface area contributed by atoms with Crippen LogP contribution in [0, 0.1) is 0 Å². The maximum Gasteiger partial charge on any atom is 0.230 e. The van der Waals surface area contributed by atoms with Crippen molar-refractivity contribution in [2.45, 2.75) is 81.2 Å². The van der Waals surface area contributed by atoms with E-state index in [2.05, 4.69) is 29.6 Å². The molecule has 0 heterocycles. The Kier molecular flexibility index (Phi) is 3.72. The summed E-state index contributed by atoms with van der Waals surface area (Å²) in [5, 5.41) is 3.36. The van der Waals surface area contributed by atoms with Gasteiger partial charge in [-0.3, -0.25) is 4.79 Å². The Labute approximate surface area is 139 Å². The third kappa shape index (κ3) is 2.91. The van der Waals surface area contributed by atoms with Gasteiger partial charge in [-0.1, -0.05) is 49.9 Å². The maximum atomic E-state index is 12.9. The number of carbonyl (C=O) groups excluding carboxylic acids is 1. The zero-order valence-corrected chi connectivity index (χ0v) is 13.9. The highest BCUT2D eigenvalue weighted by Crippen LogP contribution is 2.50. The minimum Gasteiger partial charge on any atom is -0.353 e. The Bertz CT molecular complexity index is 593. The smallest absolute Gasteiger partial charge is 0.230 e. The van der Waals surface area contributed by atoms with E-state index in [-0.39, 0.29) is 16.9 Å². The molecular weight excluding hydrogens is 284 g/mol. The van der Waals surface area contributed by atoms with Crippen molar-refractivity contribution in [1.29, 1.82) is 0 Å². The Morgan fingerprint density at radius 3 is 2.26 bits per heavy atom. The van der Waals surface area contributed by atoms with Gasteiger partial charge in [-0.2, -0.15) is 0 Å². The van der Waals surface area contributed by atoms with Crippen molar-refractivity contribution < 1.29 is 4.79 Å². The lowest BCUT2D eigenvalue weighted by Gasteiger charge is -2.22. The number of carbonyl (C=O) groups is 1. The summed E-state index contributed by atoms with van der Waals surface area (Å²) in [5.74, 6) is 0.253. The number of nitrogens with two attached hydrogens (primary N) is 1. The van der Waals surface area contributed by atoms with E-state index in [1.165, 1.54) is 36.8 Å². The zero-order chi connectivity index (χ0) is 15.9. The van der Waals surface area contributed by atoms with Crippen molar-refractivity contribution in [3.05, 3.63) is 35.4 Å². The van der Waals surface area contributed by atoms with Gasteiger partial charge in [0.1, 0.15) is 0 Å². The van der Waals surface area contributed by atoms with Crippen LogP contribution in [0.3, 0.4) is 0 Å². The second-order valence-electron chi connectivity index (χ2n) is 7.98. The predicted molar refractivity (Wildman–Crippen MR) is 92.1 cm³/mol. The minimum absolute atomic E-state index is 0.121. The molecule has 4 rings (SSSR count). The fraction of sp³-hybridized carbons (Fsp3) is 0.650. The molecule has 3 saturated carbocycles. The van der Waals surface area contributed by atoms with Gasteiger partial charge in [-0.05, 0) is 49.7 Å². The summed E-state index contributed by atoms with van der Waals surface area (Å²) in [6.45, 7) is 0.